The van der Waals surface area contributed by atoms with Crippen LogP contribution in [0.3, 0.4) is 0 Å². The first-order chi connectivity index (χ1) is 5.07. The molecule has 0 unspecified atom stereocenters. The third kappa shape index (κ3) is 4.07. The number of amidine groups is 1. The molecule has 0 radical (unpaired) electrons. The quantitative estimate of drug-likeness (QED) is 0.449. The van der Waals surface area contributed by atoms with Gasteiger partial charge in [-0.3, -0.25) is 5.41 Å². The van der Waals surface area contributed by atoms with Gasteiger partial charge < -0.3 is 10.6 Å². The minimum absolute atomic E-state index is 0.471. The molecular formula is C6H11FN4. The van der Waals surface area contributed by atoms with Crippen molar-refractivity contribution in [1.82, 2.24) is 4.90 Å². The van der Waals surface area contributed by atoms with Gasteiger partial charge in [-0.05, 0) is 0 Å². The van der Waals surface area contributed by atoms with E-state index in [2.05, 4.69) is 4.99 Å². The van der Waals surface area contributed by atoms with Crippen LogP contribution in [0, 0.1) is 5.41 Å². The number of nitrogens with zero attached hydrogens (tertiary/aromatic N) is 2. The van der Waals surface area contributed by atoms with Gasteiger partial charge >= 0.3 is 0 Å². The van der Waals surface area contributed by atoms with E-state index in [1.165, 1.54) is 6.34 Å². The van der Waals surface area contributed by atoms with Crippen LogP contribution in [0.4, 0.5) is 4.39 Å². The number of hydrogen-bond acceptors (Lipinski definition) is 2. The number of hydrogen-bond donors (Lipinski definition) is 2. The summed E-state index contributed by atoms with van der Waals surface area (Å²) in [5, 5.41) is 6.94. The van der Waals surface area contributed by atoms with Crippen molar-refractivity contribution in [2.45, 2.75) is 0 Å². The second-order valence-electron chi connectivity index (χ2n) is 2.07. The number of nitrogens with one attached hydrogen (secondary N) is 1. The molecule has 0 heterocycles. The highest BCUT2D eigenvalue weighted by Gasteiger charge is 1.98. The third-order valence-corrected chi connectivity index (χ3v) is 0.790. The van der Waals surface area contributed by atoms with Crippen LogP contribution in [0.25, 0.3) is 0 Å². The molecule has 4 nitrogen and oxygen atoms in total. The first-order valence-corrected chi connectivity index (χ1v) is 2.95. The minimum Gasteiger partial charge on any atom is -0.402 e. The standard InChI is InChI=1S/C6H11FN4/c1-11(2)4-10-6(9)5(7)3-8/h3-4,9H,8H2,1-2H3. The van der Waals surface area contributed by atoms with E-state index < -0.39 is 11.7 Å². The van der Waals surface area contributed by atoms with E-state index in [1.54, 1.807) is 19.0 Å². The highest BCUT2D eigenvalue weighted by Crippen LogP contribution is 1.95. The van der Waals surface area contributed by atoms with Crippen LogP contribution in [0.5, 0.6) is 0 Å². The summed E-state index contributed by atoms with van der Waals surface area (Å²) < 4.78 is 12.4. The zero-order valence-corrected chi connectivity index (χ0v) is 6.50. The summed E-state index contributed by atoms with van der Waals surface area (Å²) in [5.41, 5.74) is 4.81. The molecule has 0 fully saturated rings. The van der Waals surface area contributed by atoms with Gasteiger partial charge in [0.25, 0.3) is 0 Å². The molecule has 0 atom stereocenters. The lowest BCUT2D eigenvalue weighted by atomic mass is 10.5. The Morgan fingerprint density at radius 3 is 2.55 bits per heavy atom. The van der Waals surface area contributed by atoms with Gasteiger partial charge in [-0.2, -0.15) is 0 Å². The molecule has 0 aromatic rings. The maximum Gasteiger partial charge on any atom is 0.183 e. The molecule has 5 heteroatoms. The third-order valence-electron chi connectivity index (χ3n) is 0.790. The summed E-state index contributed by atoms with van der Waals surface area (Å²) >= 11 is 0. The van der Waals surface area contributed by atoms with Gasteiger partial charge in [0, 0.05) is 20.3 Å². The number of nitrogens with two attached hydrogens (primary N) is 1. The number of rotatable bonds is 2. The Bertz CT molecular complexity index is 195. The molecule has 0 aromatic carbocycles. The monoisotopic (exact) mass is 158 g/mol. The molecule has 62 valence electrons. The van der Waals surface area contributed by atoms with Crippen molar-refractivity contribution in [1.29, 1.82) is 5.41 Å². The lowest BCUT2D eigenvalue weighted by Gasteiger charge is -2.01. The molecule has 0 aliphatic heterocycles. The molecule has 0 spiro atoms. The molecule has 0 bridgehead atoms. The fraction of sp³-hybridized carbons (Fsp3) is 0.333. The Kier molecular flexibility index (Phi) is 3.87. The summed E-state index contributed by atoms with van der Waals surface area (Å²) in [5.74, 6) is -1.30. The Hall–Kier alpha value is -1.39. The Morgan fingerprint density at radius 1 is 1.64 bits per heavy atom. The Balaban J connectivity index is 4.08. The van der Waals surface area contributed by atoms with Crippen LogP contribution in [0.2, 0.25) is 0 Å². The van der Waals surface area contributed by atoms with Crippen LogP contribution >= 0.6 is 0 Å². The molecule has 0 aromatic heterocycles. The molecule has 3 N–H and O–H groups in total. The molecule has 0 aliphatic rings. The first-order valence-electron chi connectivity index (χ1n) is 2.95. The Morgan fingerprint density at radius 2 is 2.18 bits per heavy atom. The van der Waals surface area contributed by atoms with Gasteiger partial charge in [0.1, 0.15) is 0 Å². The summed E-state index contributed by atoms with van der Waals surface area (Å²) in [6.45, 7) is 0. The normalized spacial score (nSPS) is 12.1. The SMILES string of the molecule is CN(C)C=NC(=N)C(F)=CN. The zero-order chi connectivity index (χ0) is 8.85. The highest BCUT2D eigenvalue weighted by atomic mass is 19.1. The van der Waals surface area contributed by atoms with Crippen LogP contribution < -0.4 is 5.73 Å². The van der Waals surface area contributed by atoms with Crippen LogP contribution in [0.1, 0.15) is 0 Å². The van der Waals surface area contributed by atoms with E-state index >= 15 is 0 Å². The Labute approximate surface area is 64.7 Å². The van der Waals surface area contributed by atoms with E-state index in [9.17, 15) is 4.39 Å². The van der Waals surface area contributed by atoms with Crippen molar-refractivity contribution in [3.63, 3.8) is 0 Å². The predicted molar refractivity (Wildman–Crippen MR) is 43.3 cm³/mol. The maximum absolute atomic E-state index is 12.4. The van der Waals surface area contributed by atoms with Gasteiger partial charge in [0.15, 0.2) is 11.7 Å². The molecule has 11 heavy (non-hydrogen) atoms. The van der Waals surface area contributed by atoms with Crippen molar-refractivity contribution in [2.75, 3.05) is 14.1 Å². The summed E-state index contributed by atoms with van der Waals surface area (Å²) in [6, 6.07) is 0. The topological polar surface area (TPSA) is 65.5 Å². The van der Waals surface area contributed by atoms with E-state index in [4.69, 9.17) is 11.1 Å². The first kappa shape index (κ1) is 9.61. The molecule has 0 saturated heterocycles. The van der Waals surface area contributed by atoms with E-state index in [1.807, 2.05) is 0 Å². The minimum atomic E-state index is -0.830. The largest absolute Gasteiger partial charge is 0.402 e. The van der Waals surface area contributed by atoms with Gasteiger partial charge in [-0.15, -0.1) is 0 Å². The van der Waals surface area contributed by atoms with Gasteiger partial charge in [0.2, 0.25) is 0 Å². The molecule has 0 rings (SSSR count). The summed E-state index contributed by atoms with van der Waals surface area (Å²) in [4.78, 5) is 5.05. The van der Waals surface area contributed by atoms with Crippen molar-refractivity contribution in [3.05, 3.63) is 12.0 Å². The average molecular weight is 158 g/mol. The van der Waals surface area contributed by atoms with Crippen LogP contribution in [0.15, 0.2) is 17.0 Å². The smallest absolute Gasteiger partial charge is 0.183 e. The van der Waals surface area contributed by atoms with Gasteiger partial charge in [0.05, 0.1) is 6.34 Å². The van der Waals surface area contributed by atoms with Crippen molar-refractivity contribution in [3.8, 4) is 0 Å². The summed E-state index contributed by atoms with van der Waals surface area (Å²) in [6.07, 6.45) is 2.03. The predicted octanol–water partition coefficient (Wildman–Crippen LogP) is 0.323. The van der Waals surface area contributed by atoms with Gasteiger partial charge in [-0.1, -0.05) is 0 Å². The summed E-state index contributed by atoms with van der Waals surface area (Å²) in [7, 11) is 3.45. The number of aliphatic imine (C=N–C) groups is 1. The van der Waals surface area contributed by atoms with Crippen LogP contribution in [-0.4, -0.2) is 31.2 Å². The lowest BCUT2D eigenvalue weighted by Crippen LogP contribution is -2.09. The van der Waals surface area contributed by atoms with E-state index in [0.717, 1.165) is 0 Å². The van der Waals surface area contributed by atoms with Crippen molar-refractivity contribution < 1.29 is 4.39 Å². The van der Waals surface area contributed by atoms with E-state index in [-0.39, 0.29) is 0 Å². The fourth-order valence-corrected chi connectivity index (χ4v) is 0.314. The van der Waals surface area contributed by atoms with E-state index in [0.29, 0.717) is 6.20 Å². The second kappa shape index (κ2) is 4.43. The maximum atomic E-state index is 12.4. The van der Waals surface area contributed by atoms with Crippen molar-refractivity contribution >= 4 is 12.2 Å². The molecule has 0 amide bonds. The molecule has 0 saturated carbocycles. The van der Waals surface area contributed by atoms with Gasteiger partial charge in [-0.25, -0.2) is 9.38 Å². The van der Waals surface area contributed by atoms with Crippen molar-refractivity contribution in [2.24, 2.45) is 10.7 Å². The molecular weight excluding hydrogens is 147 g/mol. The molecule has 0 aliphatic carbocycles. The fourth-order valence-electron chi connectivity index (χ4n) is 0.314. The lowest BCUT2D eigenvalue weighted by molar-refractivity contribution is 0.641. The highest BCUT2D eigenvalue weighted by molar-refractivity contribution is 5.98. The van der Waals surface area contributed by atoms with Crippen LogP contribution in [-0.2, 0) is 0 Å². The number of halogens is 1. The second-order valence-corrected chi connectivity index (χ2v) is 2.07. The zero-order valence-electron chi connectivity index (χ0n) is 6.50. The average Bonchev–Trinajstić information content (AvgIpc) is 1.98.